The minimum atomic E-state index is -0.973. The summed E-state index contributed by atoms with van der Waals surface area (Å²) >= 11 is 3.60. The molecule has 0 bridgehead atoms. The zero-order valence-corrected chi connectivity index (χ0v) is 23.8. The maximum absolute atomic E-state index is 13.5. The highest BCUT2D eigenvalue weighted by Gasteiger charge is 2.22. The first kappa shape index (κ1) is 27.6. The third-order valence-corrected chi connectivity index (χ3v) is 7.58. The van der Waals surface area contributed by atoms with E-state index in [1.165, 1.54) is 11.1 Å². The van der Waals surface area contributed by atoms with Crippen LogP contribution >= 0.6 is 15.9 Å². The number of carbonyl (C=O) groups is 1. The molecule has 0 atom stereocenters. The number of fused-ring (bicyclic) bond motifs is 1. The summed E-state index contributed by atoms with van der Waals surface area (Å²) in [5.41, 5.74) is 2.28. The molecule has 0 saturated heterocycles. The van der Waals surface area contributed by atoms with E-state index >= 15 is 0 Å². The summed E-state index contributed by atoms with van der Waals surface area (Å²) in [4.78, 5) is 29.5. The van der Waals surface area contributed by atoms with Gasteiger partial charge >= 0.3 is 5.97 Å². The minimum absolute atomic E-state index is 0.180. The number of carboxylic acids is 1. The highest BCUT2D eigenvalue weighted by Crippen LogP contribution is 2.37. The van der Waals surface area contributed by atoms with Crippen molar-refractivity contribution >= 4 is 39.0 Å². The van der Waals surface area contributed by atoms with Crippen LogP contribution in [0, 0.1) is 0 Å². The van der Waals surface area contributed by atoms with E-state index in [9.17, 15) is 9.59 Å². The largest absolute Gasteiger partial charge is 0.490 e. The lowest BCUT2D eigenvalue weighted by molar-refractivity contribution is 0.0697. The molecule has 8 nitrogen and oxygen atoms in total. The van der Waals surface area contributed by atoms with Crippen molar-refractivity contribution in [1.82, 2.24) is 9.66 Å². The van der Waals surface area contributed by atoms with Gasteiger partial charge in [-0.3, -0.25) is 4.79 Å². The van der Waals surface area contributed by atoms with Crippen LogP contribution in [0.5, 0.6) is 11.5 Å². The van der Waals surface area contributed by atoms with E-state index in [0.29, 0.717) is 39.3 Å². The molecule has 0 spiro atoms. The number of nitrogens with zero attached hydrogens (tertiary/aromatic N) is 3. The Morgan fingerprint density at radius 3 is 2.58 bits per heavy atom. The Morgan fingerprint density at radius 1 is 1.10 bits per heavy atom. The highest BCUT2D eigenvalue weighted by atomic mass is 79.9. The summed E-state index contributed by atoms with van der Waals surface area (Å²) in [6, 6.07) is 17.6. The Bertz CT molecular complexity index is 1610. The van der Waals surface area contributed by atoms with Crippen molar-refractivity contribution in [2.24, 2.45) is 5.10 Å². The molecule has 0 amide bonds. The fourth-order valence-electron chi connectivity index (χ4n) is 4.97. The molecule has 206 valence electrons. The smallest absolute Gasteiger partial charge is 0.335 e. The topological polar surface area (TPSA) is 103 Å². The van der Waals surface area contributed by atoms with Crippen LogP contribution in [0.15, 0.2) is 75.0 Å². The van der Waals surface area contributed by atoms with Gasteiger partial charge in [0.1, 0.15) is 12.4 Å². The van der Waals surface area contributed by atoms with Crippen LogP contribution in [0.2, 0.25) is 0 Å². The fourth-order valence-corrected chi connectivity index (χ4v) is 5.54. The van der Waals surface area contributed by atoms with Gasteiger partial charge in [0.25, 0.3) is 5.56 Å². The molecule has 0 unspecified atom stereocenters. The number of carboxylic acid groups (broad SMARTS) is 1. The zero-order chi connectivity index (χ0) is 28.1. The monoisotopic (exact) mass is 603 g/mol. The minimum Gasteiger partial charge on any atom is -0.490 e. The molecular weight excluding hydrogens is 574 g/mol. The van der Waals surface area contributed by atoms with Crippen molar-refractivity contribution in [2.45, 2.75) is 51.6 Å². The summed E-state index contributed by atoms with van der Waals surface area (Å²) in [5, 5.41) is 14.3. The number of aromatic nitrogens is 2. The molecular formula is C31H30BrN3O5. The van der Waals surface area contributed by atoms with Crippen LogP contribution in [0.25, 0.3) is 10.9 Å². The van der Waals surface area contributed by atoms with E-state index in [1.54, 1.807) is 36.5 Å². The number of hydrogen-bond acceptors (Lipinski definition) is 6. The molecule has 5 rings (SSSR count). The van der Waals surface area contributed by atoms with E-state index < -0.39 is 5.97 Å². The molecule has 4 aromatic rings. The number of rotatable bonds is 9. The predicted octanol–water partition coefficient (Wildman–Crippen LogP) is 6.76. The molecule has 1 fully saturated rings. The lowest BCUT2D eigenvalue weighted by Gasteiger charge is -2.22. The molecule has 1 aliphatic rings. The van der Waals surface area contributed by atoms with Crippen molar-refractivity contribution in [2.75, 3.05) is 6.61 Å². The maximum Gasteiger partial charge on any atom is 0.335 e. The van der Waals surface area contributed by atoms with Crippen LogP contribution in [-0.4, -0.2) is 33.6 Å². The van der Waals surface area contributed by atoms with E-state index in [-0.39, 0.29) is 23.6 Å². The quantitative estimate of drug-likeness (QED) is 0.212. The van der Waals surface area contributed by atoms with Crippen LogP contribution in [0.4, 0.5) is 0 Å². The zero-order valence-electron chi connectivity index (χ0n) is 22.2. The summed E-state index contributed by atoms with van der Waals surface area (Å²) in [6.45, 7) is 2.55. The first-order valence-electron chi connectivity index (χ1n) is 13.4. The number of benzene rings is 3. The van der Waals surface area contributed by atoms with Crippen LogP contribution in [0.3, 0.4) is 0 Å². The Balaban J connectivity index is 1.46. The van der Waals surface area contributed by atoms with Gasteiger partial charge in [-0.25, -0.2) is 9.78 Å². The van der Waals surface area contributed by atoms with Gasteiger partial charge in [-0.15, -0.1) is 0 Å². The van der Waals surface area contributed by atoms with Gasteiger partial charge in [-0.1, -0.05) is 43.5 Å². The molecule has 40 heavy (non-hydrogen) atoms. The second kappa shape index (κ2) is 12.5. The standard InChI is InChI=1S/C31H30BrN3O5/c1-2-39-27-17-21(16-25(32)28(27)40-19-20-12-14-23(15-13-20)31(37)38)18-33-35-29(22-8-4-3-5-9-22)34-26-11-7-6-10-24(26)30(35)36/h6-7,10-18,22H,2-5,8-9,19H2,1H3,(H,37,38). The van der Waals surface area contributed by atoms with Crippen molar-refractivity contribution < 1.29 is 19.4 Å². The lowest BCUT2D eigenvalue weighted by Crippen LogP contribution is -2.25. The number of para-hydroxylation sites is 1. The number of ether oxygens (including phenoxy) is 2. The van der Waals surface area contributed by atoms with E-state index in [0.717, 1.165) is 36.8 Å². The first-order chi connectivity index (χ1) is 19.4. The predicted molar refractivity (Wildman–Crippen MR) is 158 cm³/mol. The Morgan fingerprint density at radius 2 is 1.85 bits per heavy atom. The Labute approximate surface area is 240 Å². The number of aromatic carboxylic acids is 1. The second-order valence-electron chi connectivity index (χ2n) is 9.74. The van der Waals surface area contributed by atoms with Crippen molar-refractivity contribution in [3.05, 3.63) is 98.0 Å². The fraction of sp³-hybridized carbons (Fsp3) is 0.290. The third-order valence-electron chi connectivity index (χ3n) is 6.99. The summed E-state index contributed by atoms with van der Waals surface area (Å²) in [6.07, 6.45) is 7.07. The maximum atomic E-state index is 13.5. The number of halogens is 1. The molecule has 3 aromatic carbocycles. The molecule has 0 aliphatic heterocycles. The normalized spacial score (nSPS) is 14.1. The van der Waals surface area contributed by atoms with Gasteiger partial charge in [0.2, 0.25) is 0 Å². The van der Waals surface area contributed by atoms with Crippen LogP contribution in [0.1, 0.15) is 72.3 Å². The average molecular weight is 605 g/mol. The summed E-state index contributed by atoms with van der Waals surface area (Å²) in [5.74, 6) is 0.969. The van der Waals surface area contributed by atoms with Gasteiger partial charge in [-0.05, 0) is 83.2 Å². The molecule has 1 aromatic heterocycles. The summed E-state index contributed by atoms with van der Waals surface area (Å²) < 4.78 is 14.1. The van der Waals surface area contributed by atoms with E-state index in [1.807, 2.05) is 37.3 Å². The SMILES string of the molecule is CCOc1cc(C=Nn2c(C3CCCCC3)nc3ccccc3c2=O)cc(Br)c1OCc1ccc(C(=O)O)cc1. The molecule has 1 saturated carbocycles. The van der Waals surface area contributed by atoms with Crippen molar-refractivity contribution in [3.8, 4) is 11.5 Å². The molecule has 9 heteroatoms. The van der Waals surface area contributed by atoms with E-state index in [2.05, 4.69) is 21.0 Å². The number of hydrogen-bond donors (Lipinski definition) is 1. The second-order valence-corrected chi connectivity index (χ2v) is 10.6. The van der Waals surface area contributed by atoms with E-state index in [4.69, 9.17) is 19.6 Å². The highest BCUT2D eigenvalue weighted by molar-refractivity contribution is 9.10. The molecule has 1 heterocycles. The summed E-state index contributed by atoms with van der Waals surface area (Å²) in [7, 11) is 0. The van der Waals surface area contributed by atoms with Crippen molar-refractivity contribution in [1.29, 1.82) is 0 Å². The Kier molecular flexibility index (Phi) is 8.60. The van der Waals surface area contributed by atoms with Crippen LogP contribution < -0.4 is 15.0 Å². The molecule has 0 radical (unpaired) electrons. The lowest BCUT2D eigenvalue weighted by atomic mass is 9.88. The van der Waals surface area contributed by atoms with Gasteiger partial charge in [0.05, 0.1) is 33.8 Å². The van der Waals surface area contributed by atoms with Crippen LogP contribution in [-0.2, 0) is 6.61 Å². The van der Waals surface area contributed by atoms with Gasteiger partial charge in [0, 0.05) is 5.92 Å². The first-order valence-corrected chi connectivity index (χ1v) is 14.2. The molecule has 1 N–H and O–H groups in total. The van der Waals surface area contributed by atoms with Crippen molar-refractivity contribution in [3.63, 3.8) is 0 Å². The molecule has 1 aliphatic carbocycles. The van der Waals surface area contributed by atoms with Gasteiger partial charge in [-0.2, -0.15) is 9.78 Å². The van der Waals surface area contributed by atoms with Gasteiger partial charge < -0.3 is 14.6 Å². The average Bonchev–Trinajstić information content (AvgIpc) is 2.97. The van der Waals surface area contributed by atoms with Gasteiger partial charge in [0.15, 0.2) is 11.5 Å². The Hall–Kier alpha value is -3.98. The third kappa shape index (κ3) is 6.09.